The van der Waals surface area contributed by atoms with Crippen molar-refractivity contribution in [2.45, 2.75) is 53.4 Å². The van der Waals surface area contributed by atoms with Crippen LogP contribution in [0.2, 0.25) is 0 Å². The quantitative estimate of drug-likeness (QED) is 0.186. The number of pyridine rings is 1. The van der Waals surface area contributed by atoms with Crippen LogP contribution in [0.15, 0.2) is 125 Å². The smallest absolute Gasteiger partial charge is 0.0705 e. The SMILES string of the molecule is C=C(Cc1ccccc1-c1ccc(C(C)C)cn1)N/C(=C\C(=C/I)C(C)(C)C)C1C=CC=C(c2ccccc2)C1. The Bertz CT molecular complexity index is 1430. The molecule has 0 aliphatic heterocycles. The molecule has 2 aromatic carbocycles. The van der Waals surface area contributed by atoms with Crippen LogP contribution >= 0.6 is 22.6 Å². The van der Waals surface area contributed by atoms with Gasteiger partial charge in [0.1, 0.15) is 0 Å². The number of rotatable bonds is 9. The van der Waals surface area contributed by atoms with Crippen LogP contribution in [0.5, 0.6) is 0 Å². The highest BCUT2D eigenvalue weighted by Gasteiger charge is 2.22. The molecule has 1 aliphatic carbocycles. The zero-order valence-electron chi connectivity index (χ0n) is 24.4. The van der Waals surface area contributed by atoms with Gasteiger partial charge < -0.3 is 5.32 Å². The number of nitrogens with one attached hydrogen (secondary N) is 1. The Balaban J connectivity index is 1.60. The van der Waals surface area contributed by atoms with Crippen molar-refractivity contribution in [3.05, 3.63) is 142 Å². The summed E-state index contributed by atoms with van der Waals surface area (Å²) in [6.45, 7) is 15.7. The van der Waals surface area contributed by atoms with E-state index in [9.17, 15) is 0 Å². The highest BCUT2D eigenvalue weighted by molar-refractivity contribution is 14.1. The van der Waals surface area contributed by atoms with Crippen LogP contribution in [0, 0.1) is 11.3 Å². The van der Waals surface area contributed by atoms with Crippen LogP contribution in [0.25, 0.3) is 16.8 Å². The van der Waals surface area contributed by atoms with Gasteiger partial charge in [0.05, 0.1) is 5.69 Å². The predicted molar refractivity (Wildman–Crippen MR) is 181 cm³/mol. The fourth-order valence-electron chi connectivity index (χ4n) is 4.88. The van der Waals surface area contributed by atoms with Crippen molar-refractivity contribution in [2.75, 3.05) is 0 Å². The van der Waals surface area contributed by atoms with Crippen LogP contribution in [0.3, 0.4) is 0 Å². The number of aromatic nitrogens is 1. The molecule has 1 aromatic heterocycles. The molecule has 1 atom stereocenters. The summed E-state index contributed by atoms with van der Waals surface area (Å²) in [7, 11) is 0. The molecule has 1 heterocycles. The molecule has 1 aliphatic rings. The van der Waals surface area contributed by atoms with Gasteiger partial charge >= 0.3 is 0 Å². The standard InChI is InChI=1S/C37H41IN2/c1-26(2)32-19-20-35(39-25-32)34-18-11-10-15-30(34)21-27(3)40-36(23-33(24-38)37(4,5)6)31-17-12-16-29(22-31)28-13-8-7-9-14-28/h7-20,23-26,31,40H,3,21-22H2,1-2,4-6H3/b33-24+,36-23-. The Hall–Kier alpha value is -3.18. The van der Waals surface area contributed by atoms with Crippen LogP contribution in [0.4, 0.5) is 0 Å². The lowest BCUT2D eigenvalue weighted by Gasteiger charge is -2.27. The number of hydrogen-bond donors (Lipinski definition) is 1. The lowest BCUT2D eigenvalue weighted by molar-refractivity contribution is 0.515. The second-order valence-electron chi connectivity index (χ2n) is 11.9. The van der Waals surface area contributed by atoms with Crippen LogP contribution in [0.1, 0.15) is 63.6 Å². The topological polar surface area (TPSA) is 24.9 Å². The first-order valence-electron chi connectivity index (χ1n) is 14.1. The molecular weight excluding hydrogens is 599 g/mol. The molecule has 0 fully saturated rings. The van der Waals surface area contributed by atoms with E-state index in [1.54, 1.807) is 0 Å². The van der Waals surface area contributed by atoms with Gasteiger partial charge in [0.2, 0.25) is 0 Å². The minimum absolute atomic E-state index is 0.0341. The molecular formula is C37H41IN2. The van der Waals surface area contributed by atoms with Gasteiger partial charge in [0.15, 0.2) is 0 Å². The van der Waals surface area contributed by atoms with Crippen molar-refractivity contribution >= 4 is 28.2 Å². The summed E-state index contributed by atoms with van der Waals surface area (Å²) in [6, 6.07) is 23.6. The highest BCUT2D eigenvalue weighted by atomic mass is 127. The van der Waals surface area contributed by atoms with Crippen LogP contribution in [-0.2, 0) is 6.42 Å². The molecule has 0 saturated heterocycles. The lowest BCUT2D eigenvalue weighted by atomic mass is 9.83. The van der Waals surface area contributed by atoms with Gasteiger partial charge in [-0.05, 0) is 61.8 Å². The molecule has 0 radical (unpaired) electrons. The van der Waals surface area contributed by atoms with E-state index in [1.807, 2.05) is 6.20 Å². The first kappa shape index (κ1) is 29.8. The van der Waals surface area contributed by atoms with Gasteiger partial charge in [-0.15, -0.1) is 0 Å². The van der Waals surface area contributed by atoms with E-state index in [0.29, 0.717) is 5.92 Å². The molecule has 0 bridgehead atoms. The molecule has 3 heteroatoms. The molecule has 0 amide bonds. The van der Waals surface area contributed by atoms with Crippen LogP contribution in [-0.4, -0.2) is 4.98 Å². The Morgan fingerprint density at radius 3 is 2.42 bits per heavy atom. The summed E-state index contributed by atoms with van der Waals surface area (Å²) in [4.78, 5) is 4.80. The summed E-state index contributed by atoms with van der Waals surface area (Å²) in [6.07, 6.45) is 12.7. The number of allylic oxidation sites excluding steroid dienone is 7. The van der Waals surface area contributed by atoms with Crippen LogP contribution < -0.4 is 5.32 Å². The van der Waals surface area contributed by atoms with Gasteiger partial charge in [-0.2, -0.15) is 0 Å². The summed E-state index contributed by atoms with van der Waals surface area (Å²) in [5.41, 5.74) is 10.7. The molecule has 0 saturated carbocycles. The summed E-state index contributed by atoms with van der Waals surface area (Å²) < 4.78 is 2.20. The summed E-state index contributed by atoms with van der Waals surface area (Å²) >= 11 is 2.37. The zero-order chi connectivity index (χ0) is 28.7. The van der Waals surface area contributed by atoms with Crippen molar-refractivity contribution in [3.63, 3.8) is 0 Å². The second kappa shape index (κ2) is 13.5. The van der Waals surface area contributed by atoms with E-state index >= 15 is 0 Å². The monoisotopic (exact) mass is 640 g/mol. The zero-order valence-corrected chi connectivity index (χ0v) is 26.6. The molecule has 2 nitrogen and oxygen atoms in total. The maximum atomic E-state index is 4.80. The molecule has 206 valence electrons. The fourth-order valence-corrected chi connectivity index (χ4v) is 6.00. The third kappa shape index (κ3) is 7.72. The van der Waals surface area contributed by atoms with E-state index in [4.69, 9.17) is 4.98 Å². The molecule has 4 rings (SSSR count). The minimum atomic E-state index is 0.0341. The van der Waals surface area contributed by atoms with E-state index in [-0.39, 0.29) is 11.3 Å². The molecule has 40 heavy (non-hydrogen) atoms. The lowest BCUT2D eigenvalue weighted by Crippen LogP contribution is -2.22. The Morgan fingerprint density at radius 1 is 1.05 bits per heavy atom. The van der Waals surface area contributed by atoms with Crippen molar-refractivity contribution in [1.82, 2.24) is 10.3 Å². The third-order valence-corrected chi connectivity index (χ3v) is 8.06. The van der Waals surface area contributed by atoms with Gasteiger partial charge in [0, 0.05) is 35.5 Å². The predicted octanol–water partition coefficient (Wildman–Crippen LogP) is 10.4. The summed E-state index contributed by atoms with van der Waals surface area (Å²) in [5, 5.41) is 3.77. The Labute approximate surface area is 254 Å². The molecule has 0 spiro atoms. The van der Waals surface area contributed by atoms with E-state index in [1.165, 1.54) is 33.5 Å². The first-order valence-corrected chi connectivity index (χ1v) is 15.3. The van der Waals surface area contributed by atoms with E-state index in [0.717, 1.165) is 29.8 Å². The van der Waals surface area contributed by atoms with Gasteiger partial charge in [0.25, 0.3) is 0 Å². The molecule has 1 N–H and O–H groups in total. The fraction of sp³-hybridized carbons (Fsp3) is 0.270. The van der Waals surface area contributed by atoms with Gasteiger partial charge in [-0.25, -0.2) is 0 Å². The molecule has 3 aromatic rings. The van der Waals surface area contributed by atoms with Crippen molar-refractivity contribution in [1.29, 1.82) is 0 Å². The normalized spacial score (nSPS) is 16.2. The number of halogens is 1. The largest absolute Gasteiger partial charge is 0.362 e. The number of hydrogen-bond acceptors (Lipinski definition) is 2. The number of benzene rings is 2. The summed E-state index contributed by atoms with van der Waals surface area (Å²) in [5.74, 6) is 0.692. The highest BCUT2D eigenvalue weighted by Crippen LogP contribution is 2.35. The Kier molecular flexibility index (Phi) is 10.0. The number of nitrogens with zero attached hydrogens (tertiary/aromatic N) is 1. The molecule has 1 unspecified atom stereocenters. The van der Waals surface area contributed by atoms with Crippen molar-refractivity contribution < 1.29 is 0 Å². The average Bonchev–Trinajstić information content (AvgIpc) is 2.95. The van der Waals surface area contributed by atoms with Gasteiger partial charge in [-0.3, -0.25) is 4.98 Å². The Morgan fingerprint density at radius 2 is 1.77 bits per heavy atom. The third-order valence-electron chi connectivity index (χ3n) is 7.39. The maximum absolute atomic E-state index is 4.80. The maximum Gasteiger partial charge on any atom is 0.0705 e. The van der Waals surface area contributed by atoms with Crippen molar-refractivity contribution in [3.8, 4) is 11.3 Å². The average molecular weight is 641 g/mol. The van der Waals surface area contributed by atoms with E-state index < -0.39 is 0 Å². The van der Waals surface area contributed by atoms with Gasteiger partial charge in [-0.1, -0.05) is 143 Å². The van der Waals surface area contributed by atoms with Crippen molar-refractivity contribution in [2.24, 2.45) is 11.3 Å². The van der Waals surface area contributed by atoms with E-state index in [2.05, 4.69) is 164 Å². The first-order chi connectivity index (χ1) is 19.2. The second-order valence-corrected chi connectivity index (χ2v) is 12.5. The minimum Gasteiger partial charge on any atom is -0.362 e.